The molecule has 0 saturated carbocycles. The molecule has 3 aromatic rings. The quantitative estimate of drug-likeness (QED) is 0.603. The molecule has 122 valence electrons. The molecule has 1 N–H and O–H groups in total. The molecular weight excluding hydrogens is 391 g/mol. The summed E-state index contributed by atoms with van der Waals surface area (Å²) in [5, 5.41) is 4.02. The first kappa shape index (κ1) is 16.9. The zero-order valence-electron chi connectivity index (χ0n) is 12.8. The highest BCUT2D eigenvalue weighted by Crippen LogP contribution is 2.26. The summed E-state index contributed by atoms with van der Waals surface area (Å²) in [6.45, 7) is 1.77. The van der Waals surface area contributed by atoms with Crippen molar-refractivity contribution in [2.45, 2.75) is 17.2 Å². The number of para-hydroxylation sites is 1. The number of fused-ring (bicyclic) bond motifs is 1. The minimum absolute atomic E-state index is 0.169. The van der Waals surface area contributed by atoms with Crippen LogP contribution in [0.4, 0.5) is 10.1 Å². The Morgan fingerprint density at radius 1 is 1.21 bits per heavy atom. The summed E-state index contributed by atoms with van der Waals surface area (Å²) in [6.07, 6.45) is 0. The molecule has 1 atom stereocenters. The van der Waals surface area contributed by atoms with Crippen LogP contribution in [0.3, 0.4) is 0 Å². The lowest BCUT2D eigenvalue weighted by atomic mass is 10.2. The van der Waals surface area contributed by atoms with Gasteiger partial charge in [0, 0.05) is 9.86 Å². The number of anilines is 1. The van der Waals surface area contributed by atoms with Crippen molar-refractivity contribution in [3.05, 3.63) is 64.9 Å². The Labute approximate surface area is 151 Å². The summed E-state index contributed by atoms with van der Waals surface area (Å²) >= 11 is 4.53. The molecule has 1 aromatic heterocycles. The second-order valence-corrected chi connectivity index (χ2v) is 7.49. The van der Waals surface area contributed by atoms with Gasteiger partial charge in [-0.05, 0) is 37.3 Å². The Balaban J connectivity index is 1.70. The van der Waals surface area contributed by atoms with Crippen LogP contribution in [0.5, 0.6) is 0 Å². The molecule has 3 nitrogen and oxygen atoms in total. The third kappa shape index (κ3) is 3.94. The van der Waals surface area contributed by atoms with Crippen LogP contribution in [0, 0.1) is 5.82 Å². The molecule has 2 aromatic carbocycles. The number of nitrogens with zero attached hydrogens (tertiary/aromatic N) is 1. The van der Waals surface area contributed by atoms with Gasteiger partial charge in [-0.1, -0.05) is 52.0 Å². The zero-order chi connectivity index (χ0) is 17.1. The van der Waals surface area contributed by atoms with E-state index in [1.807, 2.05) is 36.4 Å². The van der Waals surface area contributed by atoms with Crippen molar-refractivity contribution in [1.29, 1.82) is 0 Å². The number of carbonyl (C=O) groups excluding carboxylic acids is 1. The Morgan fingerprint density at radius 3 is 2.79 bits per heavy atom. The van der Waals surface area contributed by atoms with Crippen LogP contribution in [-0.2, 0) is 4.79 Å². The van der Waals surface area contributed by atoms with Gasteiger partial charge in [0.1, 0.15) is 5.82 Å². The lowest BCUT2D eigenvalue weighted by molar-refractivity contribution is -0.115. The predicted octanol–water partition coefficient (Wildman–Crippen LogP) is 5.26. The van der Waals surface area contributed by atoms with Crippen molar-refractivity contribution >= 4 is 50.2 Å². The number of carbonyl (C=O) groups is 1. The number of pyridine rings is 1. The maximum absolute atomic E-state index is 13.8. The van der Waals surface area contributed by atoms with Crippen molar-refractivity contribution in [2.75, 3.05) is 5.32 Å². The second-order valence-electron chi connectivity index (χ2n) is 5.22. The molecule has 1 heterocycles. The standard InChI is InChI=1S/C18H14BrFN2OS/c1-11(18(23)22-16-8-7-13(19)10-14(16)20)24-17-9-6-12-4-2-3-5-15(12)21-17/h2-11H,1H3,(H,22,23). The molecule has 0 aliphatic rings. The van der Waals surface area contributed by atoms with Crippen LogP contribution in [0.15, 0.2) is 64.1 Å². The first-order valence-corrected chi connectivity index (χ1v) is 8.98. The van der Waals surface area contributed by atoms with Crippen molar-refractivity contribution < 1.29 is 9.18 Å². The number of hydrogen-bond acceptors (Lipinski definition) is 3. The third-order valence-corrected chi connectivity index (χ3v) is 4.96. The molecule has 0 spiro atoms. The molecule has 1 amide bonds. The van der Waals surface area contributed by atoms with E-state index in [-0.39, 0.29) is 11.6 Å². The highest BCUT2D eigenvalue weighted by molar-refractivity contribution is 9.10. The molecule has 0 saturated heterocycles. The normalized spacial score (nSPS) is 12.1. The van der Waals surface area contributed by atoms with E-state index in [2.05, 4.69) is 26.2 Å². The van der Waals surface area contributed by atoms with Gasteiger partial charge >= 0.3 is 0 Å². The van der Waals surface area contributed by atoms with Crippen molar-refractivity contribution in [2.24, 2.45) is 0 Å². The highest BCUT2D eigenvalue weighted by Gasteiger charge is 2.17. The number of amides is 1. The monoisotopic (exact) mass is 404 g/mol. The average Bonchev–Trinajstić information content (AvgIpc) is 2.57. The lowest BCUT2D eigenvalue weighted by Crippen LogP contribution is -2.23. The first-order valence-electron chi connectivity index (χ1n) is 7.31. The highest BCUT2D eigenvalue weighted by atomic mass is 79.9. The largest absolute Gasteiger partial charge is 0.323 e. The van der Waals surface area contributed by atoms with Crippen LogP contribution in [0.25, 0.3) is 10.9 Å². The molecule has 24 heavy (non-hydrogen) atoms. The van der Waals surface area contributed by atoms with E-state index in [0.717, 1.165) is 15.9 Å². The van der Waals surface area contributed by atoms with Gasteiger partial charge in [-0.3, -0.25) is 4.79 Å². The second kappa shape index (κ2) is 7.32. The summed E-state index contributed by atoms with van der Waals surface area (Å²) in [7, 11) is 0. The van der Waals surface area contributed by atoms with E-state index in [4.69, 9.17) is 0 Å². The smallest absolute Gasteiger partial charge is 0.237 e. The molecule has 0 aliphatic carbocycles. The Morgan fingerprint density at radius 2 is 2.00 bits per heavy atom. The topological polar surface area (TPSA) is 42.0 Å². The number of rotatable bonds is 4. The molecular formula is C18H14BrFN2OS. The van der Waals surface area contributed by atoms with Gasteiger partial charge in [0.2, 0.25) is 5.91 Å². The summed E-state index contributed by atoms with van der Waals surface area (Å²) in [6, 6.07) is 16.2. The summed E-state index contributed by atoms with van der Waals surface area (Å²) < 4.78 is 14.4. The summed E-state index contributed by atoms with van der Waals surface area (Å²) in [4.78, 5) is 16.8. The molecule has 6 heteroatoms. The van der Waals surface area contributed by atoms with Crippen LogP contribution >= 0.6 is 27.7 Å². The van der Waals surface area contributed by atoms with Crippen LogP contribution in [-0.4, -0.2) is 16.1 Å². The number of thioether (sulfide) groups is 1. The fraction of sp³-hybridized carbons (Fsp3) is 0.111. The van der Waals surface area contributed by atoms with Gasteiger partial charge in [-0.15, -0.1) is 0 Å². The fourth-order valence-corrected chi connectivity index (χ4v) is 3.33. The summed E-state index contributed by atoms with van der Waals surface area (Å²) in [5.41, 5.74) is 1.05. The van der Waals surface area contributed by atoms with E-state index < -0.39 is 11.1 Å². The number of hydrogen-bond donors (Lipinski definition) is 1. The van der Waals surface area contributed by atoms with Crippen molar-refractivity contribution in [3.8, 4) is 0 Å². The van der Waals surface area contributed by atoms with E-state index >= 15 is 0 Å². The Bertz CT molecular complexity index is 903. The third-order valence-electron chi connectivity index (χ3n) is 3.43. The van der Waals surface area contributed by atoms with Gasteiger partial charge in [-0.2, -0.15) is 0 Å². The van der Waals surface area contributed by atoms with Gasteiger partial charge < -0.3 is 5.32 Å². The first-order chi connectivity index (χ1) is 11.5. The molecule has 0 bridgehead atoms. The molecule has 1 unspecified atom stereocenters. The minimum Gasteiger partial charge on any atom is -0.323 e. The van der Waals surface area contributed by atoms with Gasteiger partial charge in [0.25, 0.3) is 0 Å². The van der Waals surface area contributed by atoms with Crippen molar-refractivity contribution in [1.82, 2.24) is 4.98 Å². The molecule has 0 aliphatic heterocycles. The molecule has 0 fully saturated rings. The number of nitrogens with one attached hydrogen (secondary N) is 1. The van der Waals surface area contributed by atoms with Crippen LogP contribution in [0.2, 0.25) is 0 Å². The summed E-state index contributed by atoms with van der Waals surface area (Å²) in [5.74, 6) is -0.741. The van der Waals surface area contributed by atoms with Crippen LogP contribution < -0.4 is 5.32 Å². The molecule has 3 rings (SSSR count). The average molecular weight is 405 g/mol. The maximum atomic E-state index is 13.8. The van der Waals surface area contributed by atoms with E-state index in [1.54, 1.807) is 13.0 Å². The van der Waals surface area contributed by atoms with Gasteiger partial charge in [0.15, 0.2) is 0 Å². The predicted molar refractivity (Wildman–Crippen MR) is 99.8 cm³/mol. The number of aromatic nitrogens is 1. The number of halogens is 2. The van der Waals surface area contributed by atoms with Gasteiger partial charge in [0.05, 0.1) is 21.5 Å². The SMILES string of the molecule is CC(Sc1ccc2ccccc2n1)C(=O)Nc1ccc(Br)cc1F. The van der Waals surface area contributed by atoms with E-state index in [0.29, 0.717) is 4.47 Å². The van der Waals surface area contributed by atoms with Crippen molar-refractivity contribution in [3.63, 3.8) is 0 Å². The lowest BCUT2D eigenvalue weighted by Gasteiger charge is -2.12. The Kier molecular flexibility index (Phi) is 5.16. The van der Waals surface area contributed by atoms with E-state index in [1.165, 1.54) is 23.9 Å². The van der Waals surface area contributed by atoms with E-state index in [9.17, 15) is 9.18 Å². The van der Waals surface area contributed by atoms with Crippen LogP contribution in [0.1, 0.15) is 6.92 Å². The van der Waals surface area contributed by atoms with Gasteiger partial charge in [-0.25, -0.2) is 9.37 Å². The number of benzene rings is 2. The zero-order valence-corrected chi connectivity index (χ0v) is 15.2. The molecule has 0 radical (unpaired) electrons. The maximum Gasteiger partial charge on any atom is 0.237 e. The minimum atomic E-state index is -0.473. The fourth-order valence-electron chi connectivity index (χ4n) is 2.17. The Hall–Kier alpha value is -1.92.